The molecule has 0 radical (unpaired) electrons. The van der Waals surface area contributed by atoms with E-state index in [1.807, 2.05) is 0 Å². The molecular weight excluding hydrogens is 186 g/mol. The van der Waals surface area contributed by atoms with Gasteiger partial charge < -0.3 is 19.9 Å². The van der Waals surface area contributed by atoms with Crippen molar-refractivity contribution in [3.63, 3.8) is 0 Å². The van der Waals surface area contributed by atoms with Crippen molar-refractivity contribution in [1.82, 2.24) is 5.32 Å². The van der Waals surface area contributed by atoms with Crippen molar-refractivity contribution >= 4 is 5.97 Å². The number of aliphatic carboxylic acids is 1. The maximum Gasteiger partial charge on any atom is 0.320 e. The summed E-state index contributed by atoms with van der Waals surface area (Å²) in [6.07, 6.45) is 1.33. The molecule has 5 nitrogen and oxygen atoms in total. The van der Waals surface area contributed by atoms with E-state index >= 15 is 0 Å². The first-order chi connectivity index (χ1) is 6.72. The number of rotatable bonds is 9. The van der Waals surface area contributed by atoms with Gasteiger partial charge in [0.05, 0.1) is 0 Å². The topological polar surface area (TPSA) is 67.8 Å². The lowest BCUT2D eigenvalue weighted by Crippen LogP contribution is -2.34. The van der Waals surface area contributed by atoms with Gasteiger partial charge in [-0.25, -0.2) is 0 Å². The van der Waals surface area contributed by atoms with Gasteiger partial charge in [-0.05, 0) is 19.9 Å². The first kappa shape index (κ1) is 13.4. The summed E-state index contributed by atoms with van der Waals surface area (Å²) >= 11 is 0. The van der Waals surface area contributed by atoms with E-state index in [0.717, 1.165) is 6.42 Å². The van der Waals surface area contributed by atoms with Gasteiger partial charge in [0.15, 0.2) is 0 Å². The number of carbonyl (C=O) groups is 1. The molecule has 0 aromatic heterocycles. The maximum absolute atomic E-state index is 10.6. The van der Waals surface area contributed by atoms with Crippen molar-refractivity contribution < 1.29 is 19.4 Å². The predicted octanol–water partition coefficient (Wildman–Crippen LogP) is 0.102. The van der Waals surface area contributed by atoms with Crippen LogP contribution in [0.25, 0.3) is 0 Å². The van der Waals surface area contributed by atoms with Crippen molar-refractivity contribution in [1.29, 1.82) is 0 Å². The van der Waals surface area contributed by atoms with E-state index in [1.54, 1.807) is 14.2 Å². The molecule has 0 aliphatic heterocycles. The third-order valence-electron chi connectivity index (χ3n) is 1.83. The third kappa shape index (κ3) is 6.82. The number of carboxylic acid groups (broad SMARTS) is 1. The van der Waals surface area contributed by atoms with E-state index in [4.69, 9.17) is 14.6 Å². The molecule has 0 aromatic rings. The normalized spacial score (nSPS) is 12.7. The second kappa shape index (κ2) is 8.93. The number of nitrogens with one attached hydrogen (secondary N) is 1. The Bertz CT molecular complexity index is 152. The molecule has 84 valence electrons. The Labute approximate surface area is 84.4 Å². The Morgan fingerprint density at radius 2 is 2.14 bits per heavy atom. The van der Waals surface area contributed by atoms with E-state index in [0.29, 0.717) is 26.2 Å². The molecule has 0 rings (SSSR count). The van der Waals surface area contributed by atoms with Crippen LogP contribution in [0.1, 0.15) is 12.8 Å². The molecule has 0 fully saturated rings. The first-order valence-corrected chi connectivity index (χ1v) is 4.69. The van der Waals surface area contributed by atoms with E-state index in [9.17, 15) is 4.79 Å². The predicted molar refractivity (Wildman–Crippen MR) is 52.4 cm³/mol. The van der Waals surface area contributed by atoms with Gasteiger partial charge >= 0.3 is 5.97 Å². The summed E-state index contributed by atoms with van der Waals surface area (Å²) in [7, 11) is 3.27. The molecule has 0 heterocycles. The quantitative estimate of drug-likeness (QED) is 0.523. The minimum absolute atomic E-state index is 0.460. The molecule has 0 saturated carbocycles. The van der Waals surface area contributed by atoms with Crippen molar-refractivity contribution in [2.45, 2.75) is 18.9 Å². The van der Waals surface area contributed by atoms with Crippen LogP contribution in [0.15, 0.2) is 0 Å². The summed E-state index contributed by atoms with van der Waals surface area (Å²) in [6, 6.07) is -0.516. The van der Waals surface area contributed by atoms with Gasteiger partial charge in [0.1, 0.15) is 6.04 Å². The summed E-state index contributed by atoms with van der Waals surface area (Å²) in [5.74, 6) is -0.840. The fraction of sp³-hybridized carbons (Fsp3) is 0.889. The van der Waals surface area contributed by atoms with Crippen LogP contribution in [0.2, 0.25) is 0 Å². The number of methoxy groups -OCH3 is 1. The molecule has 2 N–H and O–H groups in total. The van der Waals surface area contributed by atoms with E-state index in [2.05, 4.69) is 5.32 Å². The second-order valence-electron chi connectivity index (χ2n) is 2.93. The van der Waals surface area contributed by atoms with Gasteiger partial charge in [0, 0.05) is 26.9 Å². The number of ether oxygens (including phenoxy) is 2. The number of hydrogen-bond donors (Lipinski definition) is 2. The van der Waals surface area contributed by atoms with Crippen LogP contribution >= 0.6 is 0 Å². The summed E-state index contributed by atoms with van der Waals surface area (Å²) in [5, 5.41) is 11.4. The summed E-state index contributed by atoms with van der Waals surface area (Å²) in [4.78, 5) is 10.6. The molecule has 0 amide bonds. The van der Waals surface area contributed by atoms with Crippen molar-refractivity contribution in [2.75, 3.05) is 34.0 Å². The Morgan fingerprint density at radius 1 is 1.43 bits per heavy atom. The molecule has 1 unspecified atom stereocenters. The highest BCUT2D eigenvalue weighted by Gasteiger charge is 2.13. The lowest BCUT2D eigenvalue weighted by molar-refractivity contribution is -0.139. The van der Waals surface area contributed by atoms with Crippen LogP contribution in [0, 0.1) is 0 Å². The number of carboxylic acids is 1. The minimum atomic E-state index is -0.840. The molecule has 0 saturated heterocycles. The van der Waals surface area contributed by atoms with Crippen molar-refractivity contribution in [3.8, 4) is 0 Å². The Balaban J connectivity index is 3.29. The molecule has 0 aromatic carbocycles. The highest BCUT2D eigenvalue weighted by molar-refractivity contribution is 5.73. The van der Waals surface area contributed by atoms with Gasteiger partial charge in [-0.15, -0.1) is 0 Å². The van der Waals surface area contributed by atoms with Crippen LogP contribution in [0.5, 0.6) is 0 Å². The fourth-order valence-electron chi connectivity index (χ4n) is 1.000. The Morgan fingerprint density at radius 3 is 2.64 bits per heavy atom. The van der Waals surface area contributed by atoms with Crippen LogP contribution in [-0.2, 0) is 14.3 Å². The third-order valence-corrected chi connectivity index (χ3v) is 1.83. The SMILES string of the molecule is CNC(CCOCCCOC)C(=O)O. The van der Waals surface area contributed by atoms with Crippen LogP contribution in [0.4, 0.5) is 0 Å². The standard InChI is InChI=1S/C9H19NO4/c1-10-8(9(11)12)4-7-14-6-3-5-13-2/h8,10H,3-7H2,1-2H3,(H,11,12). The number of hydrogen-bond acceptors (Lipinski definition) is 4. The zero-order chi connectivity index (χ0) is 10.8. The molecule has 0 spiro atoms. The van der Waals surface area contributed by atoms with Gasteiger partial charge in [0.2, 0.25) is 0 Å². The zero-order valence-corrected chi connectivity index (χ0v) is 8.78. The van der Waals surface area contributed by atoms with E-state index < -0.39 is 12.0 Å². The molecule has 1 atom stereocenters. The maximum atomic E-state index is 10.6. The largest absolute Gasteiger partial charge is 0.480 e. The summed E-state index contributed by atoms with van der Waals surface area (Å²) in [6.45, 7) is 1.75. The highest BCUT2D eigenvalue weighted by Crippen LogP contribution is 1.93. The fourth-order valence-corrected chi connectivity index (χ4v) is 1.000. The number of likely N-dealkylation sites (N-methyl/N-ethyl adjacent to an activating group) is 1. The highest BCUT2D eigenvalue weighted by atomic mass is 16.5. The Kier molecular flexibility index (Phi) is 8.51. The van der Waals surface area contributed by atoms with Gasteiger partial charge in [-0.3, -0.25) is 4.79 Å². The summed E-state index contributed by atoms with van der Waals surface area (Å²) < 4.78 is 10.1. The van der Waals surface area contributed by atoms with E-state index in [1.165, 1.54) is 0 Å². The molecule has 0 bridgehead atoms. The van der Waals surface area contributed by atoms with Gasteiger partial charge in [-0.1, -0.05) is 0 Å². The average molecular weight is 205 g/mol. The van der Waals surface area contributed by atoms with Crippen LogP contribution in [-0.4, -0.2) is 51.1 Å². The van der Waals surface area contributed by atoms with Crippen molar-refractivity contribution in [3.05, 3.63) is 0 Å². The summed E-state index contributed by atoms with van der Waals surface area (Å²) in [5.41, 5.74) is 0. The van der Waals surface area contributed by atoms with Crippen LogP contribution < -0.4 is 5.32 Å². The monoisotopic (exact) mass is 205 g/mol. The molecule has 5 heteroatoms. The Hall–Kier alpha value is -0.650. The average Bonchev–Trinajstić information content (AvgIpc) is 2.16. The molecule has 0 aliphatic carbocycles. The zero-order valence-electron chi connectivity index (χ0n) is 8.78. The lowest BCUT2D eigenvalue weighted by Gasteiger charge is -2.10. The second-order valence-corrected chi connectivity index (χ2v) is 2.93. The minimum Gasteiger partial charge on any atom is -0.480 e. The van der Waals surface area contributed by atoms with E-state index in [-0.39, 0.29) is 0 Å². The molecular formula is C9H19NO4. The first-order valence-electron chi connectivity index (χ1n) is 4.69. The molecule has 0 aliphatic rings. The van der Waals surface area contributed by atoms with Gasteiger partial charge in [0.25, 0.3) is 0 Å². The van der Waals surface area contributed by atoms with Crippen molar-refractivity contribution in [2.24, 2.45) is 0 Å². The molecule has 14 heavy (non-hydrogen) atoms. The smallest absolute Gasteiger partial charge is 0.320 e. The lowest BCUT2D eigenvalue weighted by atomic mass is 10.2. The van der Waals surface area contributed by atoms with Crippen LogP contribution in [0.3, 0.4) is 0 Å². The van der Waals surface area contributed by atoms with Gasteiger partial charge in [-0.2, -0.15) is 0 Å².